The van der Waals surface area contributed by atoms with E-state index in [2.05, 4.69) is 15.2 Å². The first-order valence-electron chi connectivity index (χ1n) is 4.47. The van der Waals surface area contributed by atoms with E-state index in [1.807, 2.05) is 6.07 Å². The number of H-pyrrole nitrogens is 1. The molecule has 0 unspecified atom stereocenters. The summed E-state index contributed by atoms with van der Waals surface area (Å²) in [6, 6.07) is 8.13. The summed E-state index contributed by atoms with van der Waals surface area (Å²) in [7, 11) is 0. The molecule has 0 saturated carbocycles. The molecule has 3 aromatic rings. The average Bonchev–Trinajstić information content (AvgIpc) is 2.78. The summed E-state index contributed by atoms with van der Waals surface area (Å²) < 4.78 is 14.3. The van der Waals surface area contributed by atoms with Crippen molar-refractivity contribution in [2.24, 2.45) is 0 Å². The predicted octanol–water partition coefficient (Wildman–Crippen LogP) is 1.86. The van der Waals surface area contributed by atoms with Gasteiger partial charge in [-0.1, -0.05) is 0 Å². The molecule has 0 spiro atoms. The molecule has 0 aliphatic carbocycles. The summed E-state index contributed by atoms with van der Waals surface area (Å²) in [5.74, 6) is -0.242. The van der Waals surface area contributed by atoms with E-state index in [1.54, 1.807) is 16.8 Å². The van der Waals surface area contributed by atoms with E-state index in [9.17, 15) is 4.39 Å². The van der Waals surface area contributed by atoms with Crippen molar-refractivity contribution in [3.8, 4) is 11.3 Å². The van der Waals surface area contributed by atoms with Crippen molar-refractivity contribution in [2.45, 2.75) is 0 Å². The van der Waals surface area contributed by atoms with Gasteiger partial charge in [-0.25, -0.2) is 9.37 Å². The third-order valence-corrected chi connectivity index (χ3v) is 2.23. The fourth-order valence-corrected chi connectivity index (χ4v) is 1.49. The van der Waals surface area contributed by atoms with Crippen molar-refractivity contribution in [1.82, 2.24) is 19.8 Å². The van der Waals surface area contributed by atoms with E-state index >= 15 is 0 Å². The summed E-state index contributed by atoms with van der Waals surface area (Å²) >= 11 is 0. The quantitative estimate of drug-likeness (QED) is 0.654. The monoisotopic (exact) mass is 202 g/mol. The van der Waals surface area contributed by atoms with E-state index in [0.717, 1.165) is 16.9 Å². The van der Waals surface area contributed by atoms with Crippen molar-refractivity contribution >= 4 is 5.65 Å². The highest BCUT2D eigenvalue weighted by Crippen LogP contribution is 2.18. The Labute approximate surface area is 84.4 Å². The standard InChI is InChI=1S/C10H7FN4/c11-8-3-1-7(2-4-8)9-5-10-12-6-13-15(10)14-9/h1-6,14H. The molecule has 1 N–H and O–H groups in total. The first kappa shape index (κ1) is 8.16. The van der Waals surface area contributed by atoms with Crippen LogP contribution in [-0.4, -0.2) is 19.8 Å². The molecule has 4 nitrogen and oxygen atoms in total. The third-order valence-electron chi connectivity index (χ3n) is 2.23. The second kappa shape index (κ2) is 2.91. The van der Waals surface area contributed by atoms with Crippen molar-refractivity contribution in [3.05, 3.63) is 42.5 Å². The number of nitrogens with zero attached hydrogens (tertiary/aromatic N) is 3. The van der Waals surface area contributed by atoms with Crippen LogP contribution in [0.25, 0.3) is 16.9 Å². The Bertz CT molecular complexity index is 565. The molecule has 0 saturated heterocycles. The maximum atomic E-state index is 12.7. The van der Waals surface area contributed by atoms with Crippen LogP contribution in [0.2, 0.25) is 0 Å². The van der Waals surface area contributed by atoms with Crippen molar-refractivity contribution < 1.29 is 4.39 Å². The Balaban J connectivity index is 2.13. The summed E-state index contributed by atoms with van der Waals surface area (Å²) in [5, 5.41) is 6.99. The fraction of sp³-hybridized carbons (Fsp3) is 0. The fourth-order valence-electron chi connectivity index (χ4n) is 1.49. The van der Waals surface area contributed by atoms with E-state index in [-0.39, 0.29) is 5.82 Å². The number of hydrogen-bond acceptors (Lipinski definition) is 2. The van der Waals surface area contributed by atoms with Crippen LogP contribution in [0.3, 0.4) is 0 Å². The number of aromatic nitrogens is 4. The highest BCUT2D eigenvalue weighted by molar-refractivity contribution is 5.63. The van der Waals surface area contributed by atoms with Gasteiger partial charge in [0, 0.05) is 6.07 Å². The van der Waals surface area contributed by atoms with Gasteiger partial charge in [-0.15, -0.1) is 5.10 Å². The van der Waals surface area contributed by atoms with Crippen molar-refractivity contribution in [3.63, 3.8) is 0 Å². The maximum absolute atomic E-state index is 12.7. The van der Waals surface area contributed by atoms with Crippen molar-refractivity contribution in [2.75, 3.05) is 0 Å². The molecule has 15 heavy (non-hydrogen) atoms. The zero-order valence-corrected chi connectivity index (χ0v) is 7.68. The molecule has 0 fully saturated rings. The number of benzene rings is 1. The molecule has 0 aliphatic rings. The lowest BCUT2D eigenvalue weighted by Crippen LogP contribution is -1.86. The van der Waals surface area contributed by atoms with Gasteiger partial charge in [0.15, 0.2) is 5.65 Å². The van der Waals surface area contributed by atoms with Crippen LogP contribution >= 0.6 is 0 Å². The van der Waals surface area contributed by atoms with Crippen molar-refractivity contribution in [1.29, 1.82) is 0 Å². The minimum absolute atomic E-state index is 0.242. The summed E-state index contributed by atoms with van der Waals surface area (Å²) in [4.78, 5) is 4.03. The van der Waals surface area contributed by atoms with Crippen LogP contribution in [0.4, 0.5) is 4.39 Å². The SMILES string of the molecule is Fc1ccc(-c2cc3ncnn3[nH]2)cc1. The van der Waals surface area contributed by atoms with E-state index in [1.165, 1.54) is 18.5 Å². The second-order valence-corrected chi connectivity index (χ2v) is 3.21. The number of hydrogen-bond donors (Lipinski definition) is 1. The van der Waals surface area contributed by atoms with Gasteiger partial charge in [0.25, 0.3) is 0 Å². The summed E-state index contributed by atoms with van der Waals surface area (Å²) in [5.41, 5.74) is 2.52. The van der Waals surface area contributed by atoms with Crippen LogP contribution < -0.4 is 0 Å². The third kappa shape index (κ3) is 1.28. The minimum Gasteiger partial charge on any atom is -0.276 e. The number of aromatic amines is 1. The first-order chi connectivity index (χ1) is 7.33. The van der Waals surface area contributed by atoms with E-state index in [0.29, 0.717) is 0 Å². The van der Waals surface area contributed by atoms with E-state index in [4.69, 9.17) is 0 Å². The Morgan fingerprint density at radius 1 is 1.20 bits per heavy atom. The molecule has 0 radical (unpaired) electrons. The molecule has 5 heteroatoms. The van der Waals surface area contributed by atoms with Gasteiger partial charge >= 0.3 is 0 Å². The lowest BCUT2D eigenvalue weighted by Gasteiger charge is -1.95. The Morgan fingerprint density at radius 3 is 2.73 bits per heavy atom. The summed E-state index contributed by atoms with van der Waals surface area (Å²) in [6.07, 6.45) is 1.47. The lowest BCUT2D eigenvalue weighted by molar-refractivity contribution is 0.628. The van der Waals surface area contributed by atoms with Gasteiger partial charge in [-0.05, 0) is 29.8 Å². The molecular formula is C10H7FN4. The van der Waals surface area contributed by atoms with Crippen LogP contribution in [0.1, 0.15) is 0 Å². The molecule has 0 bridgehead atoms. The minimum atomic E-state index is -0.242. The van der Waals surface area contributed by atoms with Gasteiger partial charge in [0.05, 0.1) is 5.69 Å². The second-order valence-electron chi connectivity index (χ2n) is 3.21. The smallest absolute Gasteiger partial charge is 0.175 e. The molecule has 3 rings (SSSR count). The topological polar surface area (TPSA) is 46.0 Å². The molecular weight excluding hydrogens is 195 g/mol. The first-order valence-corrected chi connectivity index (χ1v) is 4.47. The maximum Gasteiger partial charge on any atom is 0.175 e. The van der Waals surface area contributed by atoms with Gasteiger partial charge in [0.2, 0.25) is 0 Å². The van der Waals surface area contributed by atoms with Crippen LogP contribution in [0.15, 0.2) is 36.7 Å². The average molecular weight is 202 g/mol. The van der Waals surface area contributed by atoms with Gasteiger partial charge in [-0.3, -0.25) is 5.10 Å². The number of halogens is 1. The van der Waals surface area contributed by atoms with E-state index < -0.39 is 0 Å². The summed E-state index contributed by atoms with van der Waals surface area (Å²) in [6.45, 7) is 0. The predicted molar refractivity (Wildman–Crippen MR) is 52.7 cm³/mol. The van der Waals surface area contributed by atoms with Gasteiger partial charge in [0.1, 0.15) is 12.1 Å². The molecule has 74 valence electrons. The highest BCUT2D eigenvalue weighted by Gasteiger charge is 2.04. The van der Waals surface area contributed by atoms with Gasteiger partial charge < -0.3 is 0 Å². The molecule has 2 heterocycles. The normalized spacial score (nSPS) is 11.0. The highest BCUT2D eigenvalue weighted by atomic mass is 19.1. The number of nitrogens with one attached hydrogen (secondary N) is 1. The Kier molecular flexibility index (Phi) is 1.58. The molecule has 1 aromatic carbocycles. The van der Waals surface area contributed by atoms with Crippen LogP contribution in [0.5, 0.6) is 0 Å². The Hall–Kier alpha value is -2.17. The zero-order valence-electron chi connectivity index (χ0n) is 7.68. The molecule has 0 amide bonds. The lowest BCUT2D eigenvalue weighted by atomic mass is 10.1. The van der Waals surface area contributed by atoms with Gasteiger partial charge in [-0.2, -0.15) is 4.63 Å². The van der Waals surface area contributed by atoms with Crippen LogP contribution in [0, 0.1) is 5.82 Å². The zero-order chi connectivity index (χ0) is 10.3. The molecule has 0 atom stereocenters. The van der Waals surface area contributed by atoms with Crippen LogP contribution in [-0.2, 0) is 0 Å². The largest absolute Gasteiger partial charge is 0.276 e. The molecule has 2 aromatic heterocycles. The Morgan fingerprint density at radius 2 is 2.00 bits per heavy atom. The number of fused-ring (bicyclic) bond motifs is 1. The molecule has 0 aliphatic heterocycles. The number of rotatable bonds is 1.